The smallest absolute Gasteiger partial charge is 0.0368 e. The van der Waals surface area contributed by atoms with E-state index in [0.717, 1.165) is 30.7 Å². The highest BCUT2D eigenvalue weighted by atomic mass is 15.0. The number of hydrogen-bond donors (Lipinski definition) is 2. The topological polar surface area (TPSA) is 24.1 Å². The second-order valence-corrected chi connectivity index (χ2v) is 4.39. The summed E-state index contributed by atoms with van der Waals surface area (Å²) >= 11 is 0. The molecule has 2 nitrogen and oxygen atoms in total. The molecule has 82 valence electrons. The molecule has 0 fully saturated rings. The predicted molar refractivity (Wildman–Crippen MR) is 64.1 cm³/mol. The normalized spacial score (nSPS) is 10.9. The minimum absolute atomic E-state index is 0.0341. The summed E-state index contributed by atoms with van der Waals surface area (Å²) < 4.78 is 0. The molecule has 0 heterocycles. The molecule has 0 radical (unpaired) electrons. The third kappa shape index (κ3) is 5.68. The summed E-state index contributed by atoms with van der Waals surface area (Å²) in [5.74, 6) is 0. The molecule has 0 bridgehead atoms. The molecule has 0 amide bonds. The van der Waals surface area contributed by atoms with Crippen molar-refractivity contribution in [1.82, 2.24) is 10.6 Å². The van der Waals surface area contributed by atoms with E-state index < -0.39 is 0 Å². The van der Waals surface area contributed by atoms with Crippen LogP contribution in [0.25, 0.3) is 0 Å². The Hall–Kier alpha value is -0.920. The Kier molecular flexibility index (Phi) is 5.36. The van der Waals surface area contributed by atoms with Crippen molar-refractivity contribution < 1.29 is 0 Å². The zero-order valence-corrected chi connectivity index (χ0v) is 10.0. The zero-order valence-electron chi connectivity index (χ0n) is 10.0. The Labute approximate surface area is 88.5 Å². The molecule has 0 rings (SSSR count). The highest BCUT2D eigenvalue weighted by Crippen LogP contribution is 2.15. The van der Waals surface area contributed by atoms with E-state index in [2.05, 4.69) is 44.6 Å². The SMILES string of the molecule is C=C(CC(C)(C)NC(=C)CCC)NC. The van der Waals surface area contributed by atoms with Crippen LogP contribution in [0.1, 0.15) is 40.0 Å². The van der Waals surface area contributed by atoms with Crippen LogP contribution in [0.5, 0.6) is 0 Å². The highest BCUT2D eigenvalue weighted by Gasteiger charge is 2.18. The first-order chi connectivity index (χ1) is 6.41. The Balaban J connectivity index is 4.05. The van der Waals surface area contributed by atoms with Crippen LogP contribution in [0.15, 0.2) is 24.6 Å². The van der Waals surface area contributed by atoms with Gasteiger partial charge in [-0.15, -0.1) is 0 Å². The molecule has 0 aliphatic carbocycles. The first-order valence-corrected chi connectivity index (χ1v) is 5.22. The number of hydrogen-bond acceptors (Lipinski definition) is 2. The second kappa shape index (κ2) is 5.74. The van der Waals surface area contributed by atoms with Gasteiger partial charge in [-0.2, -0.15) is 0 Å². The average molecular weight is 196 g/mol. The molecule has 0 aliphatic rings. The molecule has 0 atom stereocenters. The molecule has 2 N–H and O–H groups in total. The van der Waals surface area contributed by atoms with Crippen molar-refractivity contribution in [3.8, 4) is 0 Å². The molecule has 0 unspecified atom stereocenters. The quantitative estimate of drug-likeness (QED) is 0.654. The van der Waals surface area contributed by atoms with Crippen molar-refractivity contribution in [2.24, 2.45) is 0 Å². The molecule has 0 aliphatic heterocycles. The van der Waals surface area contributed by atoms with Crippen LogP contribution < -0.4 is 10.6 Å². The molecule has 0 aromatic carbocycles. The van der Waals surface area contributed by atoms with Gasteiger partial charge in [-0.25, -0.2) is 0 Å². The van der Waals surface area contributed by atoms with E-state index in [1.807, 2.05) is 7.05 Å². The van der Waals surface area contributed by atoms with Crippen molar-refractivity contribution >= 4 is 0 Å². The fourth-order valence-electron chi connectivity index (χ4n) is 1.51. The fourth-order valence-corrected chi connectivity index (χ4v) is 1.51. The van der Waals surface area contributed by atoms with Crippen LogP contribution in [0.2, 0.25) is 0 Å². The highest BCUT2D eigenvalue weighted by molar-refractivity contribution is 5.04. The maximum Gasteiger partial charge on any atom is 0.0368 e. The third-order valence-electron chi connectivity index (χ3n) is 2.08. The molecule has 0 aromatic rings. The summed E-state index contributed by atoms with van der Waals surface area (Å²) in [6.45, 7) is 14.4. The van der Waals surface area contributed by atoms with Gasteiger partial charge in [-0.3, -0.25) is 0 Å². The van der Waals surface area contributed by atoms with Crippen LogP contribution >= 0.6 is 0 Å². The van der Waals surface area contributed by atoms with E-state index in [1.165, 1.54) is 0 Å². The lowest BCUT2D eigenvalue weighted by Crippen LogP contribution is -2.39. The molecule has 14 heavy (non-hydrogen) atoms. The Morgan fingerprint density at radius 3 is 2.21 bits per heavy atom. The molecule has 0 saturated carbocycles. The summed E-state index contributed by atoms with van der Waals surface area (Å²) in [6.07, 6.45) is 3.08. The third-order valence-corrected chi connectivity index (χ3v) is 2.08. The summed E-state index contributed by atoms with van der Waals surface area (Å²) in [7, 11) is 1.90. The van der Waals surface area contributed by atoms with Crippen LogP contribution in [-0.4, -0.2) is 12.6 Å². The van der Waals surface area contributed by atoms with E-state index in [4.69, 9.17) is 0 Å². The Morgan fingerprint density at radius 1 is 1.21 bits per heavy atom. The van der Waals surface area contributed by atoms with E-state index in [0.29, 0.717) is 0 Å². The summed E-state index contributed by atoms with van der Waals surface area (Å²) in [5, 5.41) is 6.49. The Bertz CT molecular complexity index is 204. The monoisotopic (exact) mass is 196 g/mol. The lowest BCUT2D eigenvalue weighted by atomic mass is 9.98. The molecule has 2 heteroatoms. The van der Waals surface area contributed by atoms with Crippen LogP contribution in [0, 0.1) is 0 Å². The maximum atomic E-state index is 4.00. The number of allylic oxidation sites excluding steroid dienone is 1. The van der Waals surface area contributed by atoms with Gasteiger partial charge in [0.05, 0.1) is 0 Å². The average Bonchev–Trinajstić information content (AvgIpc) is 2.02. The molecular weight excluding hydrogens is 172 g/mol. The van der Waals surface area contributed by atoms with Crippen molar-refractivity contribution in [2.75, 3.05) is 7.05 Å². The first kappa shape index (κ1) is 13.1. The minimum Gasteiger partial charge on any atom is -0.392 e. The maximum absolute atomic E-state index is 4.00. The van der Waals surface area contributed by atoms with Crippen molar-refractivity contribution in [3.05, 3.63) is 24.6 Å². The van der Waals surface area contributed by atoms with Crippen LogP contribution in [0.3, 0.4) is 0 Å². The summed E-state index contributed by atoms with van der Waals surface area (Å²) in [5.41, 5.74) is 2.19. The van der Waals surface area contributed by atoms with Gasteiger partial charge in [0.15, 0.2) is 0 Å². The predicted octanol–water partition coefficient (Wildman–Crippen LogP) is 2.79. The van der Waals surface area contributed by atoms with E-state index in [9.17, 15) is 0 Å². The lowest BCUT2D eigenvalue weighted by molar-refractivity contribution is 0.411. The molecule has 0 aromatic heterocycles. The molecule has 0 spiro atoms. The first-order valence-electron chi connectivity index (χ1n) is 5.22. The largest absolute Gasteiger partial charge is 0.392 e. The van der Waals surface area contributed by atoms with E-state index in [-0.39, 0.29) is 5.54 Å². The molecular formula is C12H24N2. The Morgan fingerprint density at radius 2 is 1.79 bits per heavy atom. The van der Waals surface area contributed by atoms with Crippen molar-refractivity contribution in [2.45, 2.75) is 45.6 Å². The van der Waals surface area contributed by atoms with Gasteiger partial charge in [0.1, 0.15) is 0 Å². The van der Waals surface area contributed by atoms with Gasteiger partial charge < -0.3 is 10.6 Å². The molecule has 0 saturated heterocycles. The van der Waals surface area contributed by atoms with E-state index in [1.54, 1.807) is 0 Å². The lowest BCUT2D eigenvalue weighted by Gasteiger charge is -2.29. The van der Waals surface area contributed by atoms with Gasteiger partial charge in [0.25, 0.3) is 0 Å². The van der Waals surface area contributed by atoms with Crippen LogP contribution in [0.4, 0.5) is 0 Å². The second-order valence-electron chi connectivity index (χ2n) is 4.39. The standard InChI is InChI=1S/C12H24N2/c1-7-8-10(2)14-12(4,5)9-11(3)13-6/h13-14H,2-3,7-9H2,1,4-6H3. The van der Waals surface area contributed by atoms with Gasteiger partial charge in [-0.05, 0) is 20.3 Å². The van der Waals surface area contributed by atoms with Gasteiger partial charge in [-0.1, -0.05) is 26.5 Å². The zero-order chi connectivity index (χ0) is 11.2. The van der Waals surface area contributed by atoms with E-state index >= 15 is 0 Å². The fraction of sp³-hybridized carbons (Fsp3) is 0.667. The van der Waals surface area contributed by atoms with Gasteiger partial charge in [0.2, 0.25) is 0 Å². The van der Waals surface area contributed by atoms with Crippen LogP contribution in [-0.2, 0) is 0 Å². The summed E-state index contributed by atoms with van der Waals surface area (Å²) in [4.78, 5) is 0. The number of rotatable bonds is 7. The van der Waals surface area contributed by atoms with Crippen molar-refractivity contribution in [3.63, 3.8) is 0 Å². The minimum atomic E-state index is 0.0341. The van der Waals surface area contributed by atoms with Gasteiger partial charge >= 0.3 is 0 Å². The summed E-state index contributed by atoms with van der Waals surface area (Å²) in [6, 6.07) is 0. The van der Waals surface area contributed by atoms with Crippen molar-refractivity contribution in [1.29, 1.82) is 0 Å². The number of nitrogens with one attached hydrogen (secondary N) is 2. The van der Waals surface area contributed by atoms with Gasteiger partial charge in [0, 0.05) is 30.4 Å².